The molecule has 2 nitrogen and oxygen atoms in total. The van der Waals surface area contributed by atoms with Crippen molar-refractivity contribution >= 4 is 12.8 Å². The quantitative estimate of drug-likeness (QED) is 0.698. The van der Waals surface area contributed by atoms with Crippen molar-refractivity contribution in [1.29, 1.82) is 0 Å². The van der Waals surface area contributed by atoms with Crippen LogP contribution in [0.4, 0.5) is 5.69 Å². The third-order valence-corrected chi connectivity index (χ3v) is 4.52. The van der Waals surface area contributed by atoms with Gasteiger partial charge in [-0.15, -0.1) is 0 Å². The third-order valence-electron chi connectivity index (χ3n) is 2.56. The maximum absolute atomic E-state index is 11.9. The van der Waals surface area contributed by atoms with Crippen LogP contribution in [-0.4, -0.2) is 19.9 Å². The molecule has 0 radical (unpaired) electrons. The molecule has 70 valence electrons. The van der Waals surface area contributed by atoms with E-state index in [1.807, 2.05) is 31.5 Å². The molecule has 1 aromatic rings. The molecule has 0 saturated carbocycles. The first kappa shape index (κ1) is 8.83. The second kappa shape index (κ2) is 2.88. The minimum Gasteiger partial charge on any atom is -0.384 e. The molecule has 2 rings (SSSR count). The van der Waals surface area contributed by atoms with Gasteiger partial charge in [0.05, 0.1) is 12.8 Å². The van der Waals surface area contributed by atoms with Crippen molar-refractivity contribution in [2.24, 2.45) is 0 Å². The maximum Gasteiger partial charge on any atom is 0.0908 e. The summed E-state index contributed by atoms with van der Waals surface area (Å²) >= 11 is 0. The lowest BCUT2D eigenvalue weighted by atomic mass is 10.2. The van der Waals surface area contributed by atoms with E-state index in [1.54, 1.807) is 0 Å². The van der Waals surface area contributed by atoms with Crippen molar-refractivity contribution in [3.63, 3.8) is 0 Å². The second-order valence-corrected chi connectivity index (χ2v) is 7.41. The van der Waals surface area contributed by atoms with E-state index in [0.29, 0.717) is 0 Å². The Bertz CT molecular complexity index is 369. The molecule has 0 bridgehead atoms. The molecule has 1 atom stereocenters. The molecule has 1 heterocycles. The standard InChI is InChI=1S/C10H14NOP/c1-13(2,12)10-7-11-9-6-4-3-5-8(9)10/h3-6,10-11H,7H2,1-2H3. The monoisotopic (exact) mass is 195 g/mol. The average Bonchev–Trinajstić information content (AvgIpc) is 2.45. The molecule has 1 aliphatic rings. The zero-order valence-electron chi connectivity index (χ0n) is 7.95. The van der Waals surface area contributed by atoms with Crippen molar-refractivity contribution in [3.8, 4) is 0 Å². The smallest absolute Gasteiger partial charge is 0.0908 e. The fraction of sp³-hybridized carbons (Fsp3) is 0.400. The van der Waals surface area contributed by atoms with Crippen LogP contribution in [0.2, 0.25) is 0 Å². The van der Waals surface area contributed by atoms with Gasteiger partial charge in [-0.25, -0.2) is 0 Å². The predicted molar refractivity (Wildman–Crippen MR) is 57.1 cm³/mol. The van der Waals surface area contributed by atoms with Crippen LogP contribution in [-0.2, 0) is 4.57 Å². The Labute approximate surface area is 78.7 Å². The van der Waals surface area contributed by atoms with Gasteiger partial charge in [0.25, 0.3) is 0 Å². The number of benzene rings is 1. The summed E-state index contributed by atoms with van der Waals surface area (Å²) in [6.45, 7) is 4.55. The molecule has 1 N–H and O–H groups in total. The summed E-state index contributed by atoms with van der Waals surface area (Å²) in [5, 5.41) is 3.28. The van der Waals surface area contributed by atoms with E-state index in [0.717, 1.165) is 12.2 Å². The van der Waals surface area contributed by atoms with Gasteiger partial charge in [-0.3, -0.25) is 0 Å². The first-order valence-electron chi connectivity index (χ1n) is 4.46. The number of hydrogen-bond acceptors (Lipinski definition) is 2. The van der Waals surface area contributed by atoms with Crippen LogP contribution in [0.15, 0.2) is 24.3 Å². The van der Waals surface area contributed by atoms with E-state index in [9.17, 15) is 4.57 Å². The fourth-order valence-corrected chi connectivity index (χ4v) is 3.25. The molecule has 0 fully saturated rings. The SMILES string of the molecule is CP(C)(=O)C1CNc2ccccc21. The van der Waals surface area contributed by atoms with Crippen molar-refractivity contribution in [1.82, 2.24) is 0 Å². The first-order valence-corrected chi connectivity index (χ1v) is 7.13. The molecule has 1 unspecified atom stereocenters. The Morgan fingerprint density at radius 2 is 2.08 bits per heavy atom. The topological polar surface area (TPSA) is 29.1 Å². The van der Waals surface area contributed by atoms with Crippen molar-refractivity contribution in [3.05, 3.63) is 29.8 Å². The molecule has 0 saturated heterocycles. The molecule has 0 spiro atoms. The summed E-state index contributed by atoms with van der Waals surface area (Å²) in [4.78, 5) is 0. The summed E-state index contributed by atoms with van der Waals surface area (Å²) in [5.41, 5.74) is 2.58. The molecule has 1 aromatic carbocycles. The van der Waals surface area contributed by atoms with Gasteiger partial charge in [0.1, 0.15) is 0 Å². The van der Waals surface area contributed by atoms with E-state index in [-0.39, 0.29) is 5.66 Å². The van der Waals surface area contributed by atoms with Gasteiger partial charge in [0.15, 0.2) is 0 Å². The summed E-state index contributed by atoms with van der Waals surface area (Å²) in [5.74, 6) is 0. The fourth-order valence-electron chi connectivity index (χ4n) is 1.82. The highest BCUT2D eigenvalue weighted by Crippen LogP contribution is 2.56. The predicted octanol–water partition coefficient (Wildman–Crippen LogP) is 2.78. The molecular formula is C10H14NOP. The minimum atomic E-state index is -2.01. The van der Waals surface area contributed by atoms with E-state index in [1.165, 1.54) is 5.56 Å². The molecule has 0 amide bonds. The summed E-state index contributed by atoms with van der Waals surface area (Å²) in [7, 11) is -2.01. The number of rotatable bonds is 1. The highest BCUT2D eigenvalue weighted by Gasteiger charge is 2.30. The highest BCUT2D eigenvalue weighted by molar-refractivity contribution is 7.62. The normalized spacial score (nSPS) is 20.9. The number of hydrogen-bond donors (Lipinski definition) is 1. The van der Waals surface area contributed by atoms with Crippen LogP contribution >= 0.6 is 7.14 Å². The summed E-state index contributed by atoms with van der Waals surface area (Å²) < 4.78 is 11.9. The average molecular weight is 195 g/mol. The number of fused-ring (bicyclic) bond motifs is 1. The third kappa shape index (κ3) is 1.51. The van der Waals surface area contributed by atoms with Gasteiger partial charge in [0.2, 0.25) is 0 Å². The first-order chi connectivity index (χ1) is 6.09. The van der Waals surface area contributed by atoms with Gasteiger partial charge < -0.3 is 9.88 Å². The van der Waals surface area contributed by atoms with Crippen LogP contribution in [0.1, 0.15) is 11.2 Å². The van der Waals surface area contributed by atoms with Crippen LogP contribution in [0.3, 0.4) is 0 Å². The van der Waals surface area contributed by atoms with Crippen LogP contribution in [0.25, 0.3) is 0 Å². The number of anilines is 1. The van der Waals surface area contributed by atoms with Gasteiger partial charge in [-0.2, -0.15) is 0 Å². The number of nitrogens with one attached hydrogen (secondary N) is 1. The Balaban J connectivity index is 2.45. The molecular weight excluding hydrogens is 181 g/mol. The highest BCUT2D eigenvalue weighted by atomic mass is 31.2. The second-order valence-electron chi connectivity index (χ2n) is 3.92. The Hall–Kier alpha value is -0.750. The molecule has 1 aliphatic heterocycles. The van der Waals surface area contributed by atoms with Crippen LogP contribution in [0.5, 0.6) is 0 Å². The molecule has 3 heteroatoms. The van der Waals surface area contributed by atoms with E-state index < -0.39 is 7.14 Å². The van der Waals surface area contributed by atoms with Crippen LogP contribution in [0, 0.1) is 0 Å². The van der Waals surface area contributed by atoms with Gasteiger partial charge in [-0.1, -0.05) is 18.2 Å². The summed E-state index contributed by atoms with van der Waals surface area (Å²) in [6.07, 6.45) is 0. The van der Waals surface area contributed by atoms with Crippen molar-refractivity contribution < 1.29 is 4.57 Å². The lowest BCUT2D eigenvalue weighted by Gasteiger charge is -2.14. The Morgan fingerprint density at radius 1 is 1.38 bits per heavy atom. The van der Waals surface area contributed by atoms with E-state index in [2.05, 4.69) is 11.4 Å². The van der Waals surface area contributed by atoms with Gasteiger partial charge in [0, 0.05) is 12.2 Å². The molecule has 13 heavy (non-hydrogen) atoms. The van der Waals surface area contributed by atoms with Crippen molar-refractivity contribution in [2.45, 2.75) is 5.66 Å². The Morgan fingerprint density at radius 3 is 2.77 bits per heavy atom. The summed E-state index contributed by atoms with van der Waals surface area (Å²) in [6, 6.07) is 8.13. The zero-order chi connectivity index (χ0) is 9.47. The molecule has 0 aromatic heterocycles. The van der Waals surface area contributed by atoms with Crippen molar-refractivity contribution in [2.75, 3.05) is 25.2 Å². The Kier molecular flexibility index (Phi) is 1.96. The van der Waals surface area contributed by atoms with E-state index >= 15 is 0 Å². The minimum absolute atomic E-state index is 0.212. The van der Waals surface area contributed by atoms with Gasteiger partial charge in [-0.05, 0) is 25.0 Å². The number of para-hydroxylation sites is 1. The lowest BCUT2D eigenvalue weighted by Crippen LogP contribution is -2.01. The largest absolute Gasteiger partial charge is 0.384 e. The molecule has 0 aliphatic carbocycles. The zero-order valence-corrected chi connectivity index (χ0v) is 8.84. The lowest BCUT2D eigenvalue weighted by molar-refractivity contribution is 0.575. The van der Waals surface area contributed by atoms with E-state index in [4.69, 9.17) is 0 Å². The van der Waals surface area contributed by atoms with Crippen LogP contribution < -0.4 is 5.32 Å². The van der Waals surface area contributed by atoms with Gasteiger partial charge >= 0.3 is 0 Å². The maximum atomic E-state index is 11.9.